The molecule has 5 nitrogen and oxygen atoms in total. The number of halogens is 2. The van der Waals surface area contributed by atoms with Gasteiger partial charge in [-0.15, -0.1) is 0 Å². The van der Waals surface area contributed by atoms with Gasteiger partial charge in [0, 0.05) is 7.05 Å². The van der Waals surface area contributed by atoms with Gasteiger partial charge in [0.1, 0.15) is 5.82 Å². The molecule has 0 heterocycles. The van der Waals surface area contributed by atoms with E-state index in [0.29, 0.717) is 5.69 Å². The molecule has 0 bridgehead atoms. The Balaban J connectivity index is 2.18. The predicted octanol–water partition coefficient (Wildman–Crippen LogP) is 3.37. The second-order valence-corrected chi connectivity index (χ2v) is 8.06. The zero-order valence-electron chi connectivity index (χ0n) is 14.0. The number of carbonyl (C=O) groups is 1. The molecule has 25 heavy (non-hydrogen) atoms. The Hall–Kier alpha value is -2.12. The van der Waals surface area contributed by atoms with Gasteiger partial charge in [0.25, 0.3) is 5.91 Å². The molecule has 0 fully saturated rings. The molecule has 1 N–H and O–H groups in total. The van der Waals surface area contributed by atoms with E-state index in [1.165, 1.54) is 37.4 Å². The van der Waals surface area contributed by atoms with Crippen molar-refractivity contribution in [3.63, 3.8) is 0 Å². The third kappa shape index (κ3) is 4.70. The third-order valence-corrected chi connectivity index (χ3v) is 5.29. The van der Waals surface area contributed by atoms with Gasteiger partial charge in [-0.25, -0.2) is 12.8 Å². The summed E-state index contributed by atoms with van der Waals surface area (Å²) in [5.74, 6) is -0.758. The molecule has 0 aromatic heterocycles. The second kappa shape index (κ2) is 7.41. The lowest BCUT2D eigenvalue weighted by Crippen LogP contribution is -2.27. The van der Waals surface area contributed by atoms with E-state index >= 15 is 0 Å². The van der Waals surface area contributed by atoms with Gasteiger partial charge < -0.3 is 5.32 Å². The van der Waals surface area contributed by atoms with Crippen LogP contribution in [0.5, 0.6) is 0 Å². The minimum absolute atomic E-state index is 0.136. The van der Waals surface area contributed by atoms with Crippen molar-refractivity contribution < 1.29 is 17.6 Å². The van der Waals surface area contributed by atoms with E-state index in [0.717, 1.165) is 16.1 Å². The standard InChI is InChI=1S/C17H18ClFN2O3S/c1-11(12-4-6-13(19)7-5-12)20-17(22)15-9-8-14(10-16(15)18)21(2)25(3,23)24/h4-11H,1-3H3,(H,20,22). The Morgan fingerprint density at radius 2 is 1.80 bits per heavy atom. The summed E-state index contributed by atoms with van der Waals surface area (Å²) < 4.78 is 37.2. The number of amides is 1. The number of rotatable bonds is 5. The van der Waals surface area contributed by atoms with E-state index in [2.05, 4.69) is 5.32 Å². The average molecular weight is 385 g/mol. The van der Waals surface area contributed by atoms with Crippen molar-refractivity contribution in [2.45, 2.75) is 13.0 Å². The molecule has 0 radical (unpaired) electrons. The highest BCUT2D eigenvalue weighted by molar-refractivity contribution is 7.92. The number of nitrogens with zero attached hydrogens (tertiary/aromatic N) is 1. The Morgan fingerprint density at radius 1 is 1.20 bits per heavy atom. The van der Waals surface area contributed by atoms with Crippen LogP contribution in [0, 0.1) is 5.82 Å². The van der Waals surface area contributed by atoms with E-state index in [4.69, 9.17) is 11.6 Å². The van der Waals surface area contributed by atoms with Gasteiger partial charge in [0.2, 0.25) is 10.0 Å². The van der Waals surface area contributed by atoms with Gasteiger partial charge in [0.05, 0.1) is 28.6 Å². The number of anilines is 1. The fourth-order valence-corrected chi connectivity index (χ4v) is 2.94. The maximum atomic E-state index is 13.0. The van der Waals surface area contributed by atoms with Crippen molar-refractivity contribution in [1.82, 2.24) is 5.32 Å². The maximum Gasteiger partial charge on any atom is 0.253 e. The number of hydrogen-bond acceptors (Lipinski definition) is 3. The Bertz CT molecular complexity index is 885. The molecule has 0 saturated heterocycles. The number of nitrogens with one attached hydrogen (secondary N) is 1. The molecule has 1 amide bonds. The summed E-state index contributed by atoms with van der Waals surface area (Å²) in [5, 5.41) is 2.91. The van der Waals surface area contributed by atoms with Crippen LogP contribution < -0.4 is 9.62 Å². The number of carbonyl (C=O) groups excluding carboxylic acids is 1. The summed E-state index contributed by atoms with van der Waals surface area (Å²) in [7, 11) is -2.02. The first-order valence-electron chi connectivity index (χ1n) is 7.39. The fraction of sp³-hybridized carbons (Fsp3) is 0.235. The normalized spacial score (nSPS) is 12.5. The van der Waals surface area contributed by atoms with Gasteiger partial charge in [0.15, 0.2) is 0 Å². The summed E-state index contributed by atoms with van der Waals surface area (Å²) in [6.45, 7) is 1.77. The predicted molar refractivity (Wildman–Crippen MR) is 97.0 cm³/mol. The Labute approximate surface area is 151 Å². The van der Waals surface area contributed by atoms with Crippen LogP contribution in [-0.4, -0.2) is 27.6 Å². The molecule has 0 aliphatic rings. The minimum atomic E-state index is -3.42. The highest BCUT2D eigenvalue weighted by Crippen LogP contribution is 2.25. The maximum absolute atomic E-state index is 13.0. The summed E-state index contributed by atoms with van der Waals surface area (Å²) in [5.41, 5.74) is 1.33. The molecular formula is C17H18ClFN2O3S. The zero-order chi connectivity index (χ0) is 18.8. The molecule has 0 spiro atoms. The summed E-state index contributed by atoms with van der Waals surface area (Å²) >= 11 is 6.14. The van der Waals surface area contributed by atoms with Gasteiger partial charge in [-0.05, 0) is 42.8 Å². The topological polar surface area (TPSA) is 66.5 Å². The van der Waals surface area contributed by atoms with Gasteiger partial charge >= 0.3 is 0 Å². The average Bonchev–Trinajstić information content (AvgIpc) is 2.53. The van der Waals surface area contributed by atoms with Crippen LogP contribution in [0.15, 0.2) is 42.5 Å². The van der Waals surface area contributed by atoms with Gasteiger partial charge in [-0.2, -0.15) is 0 Å². The van der Waals surface area contributed by atoms with Crippen molar-refractivity contribution in [1.29, 1.82) is 0 Å². The lowest BCUT2D eigenvalue weighted by atomic mass is 10.1. The first-order chi connectivity index (χ1) is 11.6. The molecule has 2 aromatic carbocycles. The van der Waals surface area contributed by atoms with Crippen LogP contribution in [-0.2, 0) is 10.0 Å². The fourth-order valence-electron chi connectivity index (χ4n) is 2.18. The van der Waals surface area contributed by atoms with Gasteiger partial charge in [-0.1, -0.05) is 23.7 Å². The second-order valence-electron chi connectivity index (χ2n) is 5.64. The SMILES string of the molecule is CC(NC(=O)c1ccc(N(C)S(C)(=O)=O)cc1Cl)c1ccc(F)cc1. The molecular weight excluding hydrogens is 367 g/mol. The summed E-state index contributed by atoms with van der Waals surface area (Å²) in [6.07, 6.45) is 1.08. The Morgan fingerprint density at radius 3 is 2.32 bits per heavy atom. The largest absolute Gasteiger partial charge is 0.345 e. The molecule has 2 rings (SSSR count). The molecule has 8 heteroatoms. The molecule has 0 aliphatic heterocycles. The van der Waals surface area contributed by atoms with Crippen LogP contribution in [0.1, 0.15) is 28.9 Å². The summed E-state index contributed by atoms with van der Waals surface area (Å²) in [4.78, 5) is 12.4. The van der Waals surface area contributed by atoms with E-state index in [1.54, 1.807) is 19.1 Å². The van der Waals surface area contributed by atoms with Crippen molar-refractivity contribution in [3.8, 4) is 0 Å². The Kier molecular flexibility index (Phi) is 5.69. The van der Waals surface area contributed by atoms with E-state index in [9.17, 15) is 17.6 Å². The third-order valence-electron chi connectivity index (χ3n) is 3.78. The van der Waals surface area contributed by atoms with Crippen LogP contribution in [0.25, 0.3) is 0 Å². The van der Waals surface area contributed by atoms with E-state index in [-0.39, 0.29) is 22.4 Å². The number of hydrogen-bond donors (Lipinski definition) is 1. The minimum Gasteiger partial charge on any atom is -0.345 e. The van der Waals surface area contributed by atoms with Crippen LogP contribution in [0.2, 0.25) is 5.02 Å². The quantitative estimate of drug-likeness (QED) is 0.859. The molecule has 0 saturated carbocycles. The molecule has 0 aliphatic carbocycles. The molecule has 1 atom stereocenters. The molecule has 1 unspecified atom stereocenters. The van der Waals surface area contributed by atoms with Crippen molar-refractivity contribution in [3.05, 3.63) is 64.4 Å². The van der Waals surface area contributed by atoms with Crippen LogP contribution >= 0.6 is 11.6 Å². The van der Waals surface area contributed by atoms with Crippen molar-refractivity contribution in [2.75, 3.05) is 17.6 Å². The number of benzene rings is 2. The van der Waals surface area contributed by atoms with Crippen LogP contribution in [0.3, 0.4) is 0 Å². The van der Waals surface area contributed by atoms with Crippen molar-refractivity contribution in [2.24, 2.45) is 0 Å². The highest BCUT2D eigenvalue weighted by atomic mass is 35.5. The van der Waals surface area contributed by atoms with E-state index in [1.807, 2.05) is 0 Å². The van der Waals surface area contributed by atoms with Crippen LogP contribution in [0.4, 0.5) is 10.1 Å². The first kappa shape index (κ1) is 19.2. The monoisotopic (exact) mass is 384 g/mol. The molecule has 2 aromatic rings. The van der Waals surface area contributed by atoms with E-state index < -0.39 is 15.9 Å². The lowest BCUT2D eigenvalue weighted by Gasteiger charge is -2.18. The van der Waals surface area contributed by atoms with Crippen molar-refractivity contribution >= 4 is 33.2 Å². The zero-order valence-corrected chi connectivity index (χ0v) is 15.5. The highest BCUT2D eigenvalue weighted by Gasteiger charge is 2.17. The number of sulfonamides is 1. The smallest absolute Gasteiger partial charge is 0.253 e. The lowest BCUT2D eigenvalue weighted by molar-refractivity contribution is 0.0940. The van der Waals surface area contributed by atoms with Gasteiger partial charge in [-0.3, -0.25) is 9.10 Å². The molecule has 134 valence electrons. The summed E-state index contributed by atoms with van der Waals surface area (Å²) in [6, 6.07) is 9.86. The first-order valence-corrected chi connectivity index (χ1v) is 9.62.